The molecule has 1 aromatic heterocycles. The number of aromatic nitrogens is 1. The van der Waals surface area contributed by atoms with Crippen LogP contribution in [0.3, 0.4) is 0 Å². The second-order valence-electron chi connectivity index (χ2n) is 4.05. The quantitative estimate of drug-likeness (QED) is 0.878. The summed E-state index contributed by atoms with van der Waals surface area (Å²) in [6, 6.07) is 10.0. The Kier molecular flexibility index (Phi) is 3.28. The molecule has 88 valence electrons. The van der Waals surface area contributed by atoms with Gasteiger partial charge in [-0.15, -0.1) is 0 Å². The van der Waals surface area contributed by atoms with E-state index < -0.39 is 0 Å². The summed E-state index contributed by atoms with van der Waals surface area (Å²) in [5.41, 5.74) is 9.15. The topological polar surface area (TPSA) is 48.1 Å². The number of aryl methyl sites for hydroxylation is 1. The van der Waals surface area contributed by atoms with Crippen LogP contribution in [0.1, 0.15) is 16.7 Å². The normalized spacial score (nSPS) is 10.2. The lowest BCUT2D eigenvalue weighted by atomic mass is 10.0. The Labute approximate surface area is 101 Å². The molecule has 0 aliphatic rings. The van der Waals surface area contributed by atoms with Crippen LogP contribution in [0.15, 0.2) is 36.5 Å². The van der Waals surface area contributed by atoms with E-state index in [0.717, 1.165) is 28.9 Å². The van der Waals surface area contributed by atoms with E-state index >= 15 is 0 Å². The fourth-order valence-electron chi connectivity index (χ4n) is 1.84. The van der Waals surface area contributed by atoms with Crippen molar-refractivity contribution in [3.8, 4) is 5.75 Å². The van der Waals surface area contributed by atoms with Crippen LogP contribution in [-0.2, 0) is 6.42 Å². The molecule has 1 aromatic carbocycles. The van der Waals surface area contributed by atoms with E-state index in [0.29, 0.717) is 5.82 Å². The molecule has 3 nitrogen and oxygen atoms in total. The van der Waals surface area contributed by atoms with Crippen LogP contribution in [0, 0.1) is 6.92 Å². The van der Waals surface area contributed by atoms with Gasteiger partial charge < -0.3 is 10.5 Å². The van der Waals surface area contributed by atoms with Crippen LogP contribution in [0.25, 0.3) is 0 Å². The predicted octanol–water partition coefficient (Wildman–Crippen LogP) is 2.57. The van der Waals surface area contributed by atoms with Gasteiger partial charge in [0.05, 0.1) is 7.11 Å². The fraction of sp³-hybridized carbons (Fsp3) is 0.214. The summed E-state index contributed by atoms with van der Waals surface area (Å²) >= 11 is 0. The molecule has 17 heavy (non-hydrogen) atoms. The van der Waals surface area contributed by atoms with Gasteiger partial charge in [0.2, 0.25) is 0 Å². The van der Waals surface area contributed by atoms with Crippen molar-refractivity contribution in [2.24, 2.45) is 0 Å². The molecule has 0 saturated heterocycles. The lowest BCUT2D eigenvalue weighted by molar-refractivity contribution is 0.410. The predicted molar refractivity (Wildman–Crippen MR) is 69.2 cm³/mol. The molecule has 0 amide bonds. The van der Waals surface area contributed by atoms with Gasteiger partial charge in [0.15, 0.2) is 0 Å². The molecule has 1 heterocycles. The molecule has 0 aliphatic carbocycles. The van der Waals surface area contributed by atoms with E-state index in [4.69, 9.17) is 10.5 Å². The lowest BCUT2D eigenvalue weighted by Crippen LogP contribution is -2.00. The Balaban J connectivity index is 2.34. The summed E-state index contributed by atoms with van der Waals surface area (Å²) < 4.78 is 5.33. The minimum atomic E-state index is 0.585. The Bertz CT molecular complexity index is 523. The number of rotatable bonds is 3. The Morgan fingerprint density at radius 1 is 1.24 bits per heavy atom. The van der Waals surface area contributed by atoms with E-state index in [1.54, 1.807) is 13.3 Å². The Hall–Kier alpha value is -2.03. The van der Waals surface area contributed by atoms with Crippen molar-refractivity contribution in [2.75, 3.05) is 12.8 Å². The van der Waals surface area contributed by atoms with Crippen molar-refractivity contribution < 1.29 is 4.74 Å². The number of anilines is 1. The number of nitrogens with two attached hydrogens (primary N) is 1. The van der Waals surface area contributed by atoms with Gasteiger partial charge in [-0.1, -0.05) is 24.3 Å². The third kappa shape index (κ3) is 2.56. The monoisotopic (exact) mass is 228 g/mol. The smallest absolute Gasteiger partial charge is 0.126 e. The van der Waals surface area contributed by atoms with Crippen LogP contribution in [0.4, 0.5) is 5.82 Å². The molecule has 2 aromatic rings. The zero-order chi connectivity index (χ0) is 12.3. The number of para-hydroxylation sites is 1. The van der Waals surface area contributed by atoms with Crippen molar-refractivity contribution in [3.05, 3.63) is 53.2 Å². The van der Waals surface area contributed by atoms with Crippen LogP contribution in [0.2, 0.25) is 0 Å². The van der Waals surface area contributed by atoms with E-state index in [2.05, 4.69) is 11.1 Å². The third-order valence-electron chi connectivity index (χ3n) is 2.71. The van der Waals surface area contributed by atoms with Crippen LogP contribution >= 0.6 is 0 Å². The van der Waals surface area contributed by atoms with E-state index in [-0.39, 0.29) is 0 Å². The summed E-state index contributed by atoms with van der Waals surface area (Å²) in [6.45, 7) is 2.01. The molecule has 0 bridgehead atoms. The summed E-state index contributed by atoms with van der Waals surface area (Å²) in [4.78, 5) is 4.17. The summed E-state index contributed by atoms with van der Waals surface area (Å²) in [6.07, 6.45) is 2.52. The average Bonchev–Trinajstić information content (AvgIpc) is 2.34. The highest BCUT2D eigenvalue weighted by Crippen LogP contribution is 2.23. The molecule has 2 N–H and O–H groups in total. The molecule has 0 aliphatic heterocycles. The molecule has 3 heteroatoms. The van der Waals surface area contributed by atoms with Gasteiger partial charge in [0, 0.05) is 12.6 Å². The van der Waals surface area contributed by atoms with Gasteiger partial charge in [-0.05, 0) is 29.7 Å². The molecular formula is C14H16N2O. The van der Waals surface area contributed by atoms with E-state index in [1.165, 1.54) is 0 Å². The zero-order valence-corrected chi connectivity index (χ0v) is 10.1. The number of methoxy groups -OCH3 is 1. The van der Waals surface area contributed by atoms with Crippen LogP contribution < -0.4 is 10.5 Å². The number of benzene rings is 1. The Morgan fingerprint density at radius 3 is 2.76 bits per heavy atom. The standard InChI is InChI=1S/C14H16N2O/c1-10-7-12(14(15)16-9-10)8-11-5-3-4-6-13(11)17-2/h3-7,9H,8H2,1-2H3,(H2,15,16). The first kappa shape index (κ1) is 11.5. The molecule has 0 atom stereocenters. The molecule has 0 fully saturated rings. The average molecular weight is 228 g/mol. The third-order valence-corrected chi connectivity index (χ3v) is 2.71. The van der Waals surface area contributed by atoms with E-state index in [1.807, 2.05) is 31.2 Å². The molecule has 0 saturated carbocycles. The molecule has 0 spiro atoms. The minimum absolute atomic E-state index is 0.585. The number of hydrogen-bond acceptors (Lipinski definition) is 3. The lowest BCUT2D eigenvalue weighted by Gasteiger charge is -2.10. The second-order valence-corrected chi connectivity index (χ2v) is 4.05. The first-order valence-corrected chi connectivity index (χ1v) is 5.53. The van der Waals surface area contributed by atoms with Gasteiger partial charge in [-0.3, -0.25) is 0 Å². The number of ether oxygens (including phenoxy) is 1. The summed E-state index contributed by atoms with van der Waals surface area (Å²) in [7, 11) is 1.68. The molecule has 0 radical (unpaired) electrons. The highest BCUT2D eigenvalue weighted by molar-refractivity contribution is 5.46. The maximum absolute atomic E-state index is 5.88. The van der Waals surface area contributed by atoms with Gasteiger partial charge in [-0.25, -0.2) is 4.98 Å². The number of nitrogen functional groups attached to an aromatic ring is 1. The van der Waals surface area contributed by atoms with Crippen molar-refractivity contribution >= 4 is 5.82 Å². The Morgan fingerprint density at radius 2 is 2.00 bits per heavy atom. The van der Waals surface area contributed by atoms with Crippen molar-refractivity contribution in [2.45, 2.75) is 13.3 Å². The second kappa shape index (κ2) is 4.87. The number of hydrogen-bond donors (Lipinski definition) is 1. The van der Waals surface area contributed by atoms with Gasteiger partial charge in [0.25, 0.3) is 0 Å². The highest BCUT2D eigenvalue weighted by atomic mass is 16.5. The maximum atomic E-state index is 5.88. The zero-order valence-electron chi connectivity index (χ0n) is 10.1. The number of nitrogens with zero attached hydrogens (tertiary/aromatic N) is 1. The molecule has 0 unspecified atom stereocenters. The van der Waals surface area contributed by atoms with Gasteiger partial charge in [0.1, 0.15) is 11.6 Å². The highest BCUT2D eigenvalue weighted by Gasteiger charge is 2.06. The van der Waals surface area contributed by atoms with Crippen molar-refractivity contribution in [1.82, 2.24) is 4.98 Å². The number of pyridine rings is 1. The molecular weight excluding hydrogens is 212 g/mol. The largest absolute Gasteiger partial charge is 0.496 e. The van der Waals surface area contributed by atoms with Crippen LogP contribution in [0.5, 0.6) is 5.75 Å². The first-order chi connectivity index (χ1) is 8.20. The summed E-state index contributed by atoms with van der Waals surface area (Å²) in [5.74, 6) is 1.47. The SMILES string of the molecule is COc1ccccc1Cc1cc(C)cnc1N. The fourth-order valence-corrected chi connectivity index (χ4v) is 1.84. The molecule has 2 rings (SSSR count). The maximum Gasteiger partial charge on any atom is 0.126 e. The van der Waals surface area contributed by atoms with Crippen molar-refractivity contribution in [3.63, 3.8) is 0 Å². The summed E-state index contributed by atoms with van der Waals surface area (Å²) in [5, 5.41) is 0. The van der Waals surface area contributed by atoms with Crippen LogP contribution in [-0.4, -0.2) is 12.1 Å². The van der Waals surface area contributed by atoms with Gasteiger partial charge >= 0.3 is 0 Å². The van der Waals surface area contributed by atoms with E-state index in [9.17, 15) is 0 Å². The minimum Gasteiger partial charge on any atom is -0.496 e. The first-order valence-electron chi connectivity index (χ1n) is 5.53. The van der Waals surface area contributed by atoms with Gasteiger partial charge in [-0.2, -0.15) is 0 Å². The van der Waals surface area contributed by atoms with Crippen molar-refractivity contribution in [1.29, 1.82) is 0 Å².